The van der Waals surface area contributed by atoms with Crippen molar-refractivity contribution in [3.63, 3.8) is 0 Å². The Hall–Kier alpha value is -2.90. The van der Waals surface area contributed by atoms with Gasteiger partial charge in [0.25, 0.3) is 5.91 Å². The molecule has 5 fully saturated rings. The van der Waals surface area contributed by atoms with Gasteiger partial charge in [0.2, 0.25) is 5.91 Å². The van der Waals surface area contributed by atoms with Gasteiger partial charge in [0.15, 0.2) is 0 Å². The number of rotatable bonds is 5. The Morgan fingerprint density at radius 2 is 2.12 bits per heavy atom. The predicted octanol–water partition coefficient (Wildman–Crippen LogP) is 3.27. The highest BCUT2D eigenvalue weighted by atomic mass is 16.5. The van der Waals surface area contributed by atoms with Gasteiger partial charge in [-0.1, -0.05) is 6.07 Å². The number of methoxy groups -OCH3 is 1. The average molecular weight is 463 g/mol. The quantitative estimate of drug-likeness (QED) is 0.689. The number of carbonyl (C=O) groups excluding carboxylic acids is 3. The Kier molecular flexibility index (Phi) is 4.11. The van der Waals surface area contributed by atoms with E-state index in [0.29, 0.717) is 36.3 Å². The van der Waals surface area contributed by atoms with Gasteiger partial charge in [0.1, 0.15) is 23.2 Å². The minimum absolute atomic E-state index is 0.0509. The number of pyridine rings is 1. The van der Waals surface area contributed by atoms with Crippen molar-refractivity contribution in [1.29, 1.82) is 0 Å². The van der Waals surface area contributed by atoms with Gasteiger partial charge in [-0.2, -0.15) is 0 Å². The summed E-state index contributed by atoms with van der Waals surface area (Å²) in [6.07, 6.45) is 10.1. The molecular weight excluding hydrogens is 432 g/mol. The van der Waals surface area contributed by atoms with Crippen LogP contribution in [0, 0.1) is 28.6 Å². The molecule has 2 aromatic heterocycles. The molecule has 2 bridgehead atoms. The molecule has 0 radical (unpaired) electrons. The molecule has 5 aliphatic rings. The number of aromatic nitrogens is 2. The molecular formula is C26H30N4O4. The van der Waals surface area contributed by atoms with E-state index in [4.69, 9.17) is 4.74 Å². The molecule has 178 valence electrons. The normalized spacial score (nSPS) is 36.7. The van der Waals surface area contributed by atoms with Gasteiger partial charge in [0.05, 0.1) is 7.11 Å². The molecule has 6 atom stereocenters. The summed E-state index contributed by atoms with van der Waals surface area (Å²) in [5.41, 5.74) is 1.64. The number of hydrogen-bond acceptors (Lipinski definition) is 5. The second kappa shape index (κ2) is 6.83. The molecule has 1 N–H and O–H groups in total. The van der Waals surface area contributed by atoms with E-state index in [1.54, 1.807) is 15.5 Å². The fourth-order valence-corrected chi connectivity index (χ4v) is 8.15. The third-order valence-electron chi connectivity index (χ3n) is 9.52. The Morgan fingerprint density at radius 1 is 1.24 bits per heavy atom. The lowest BCUT2D eigenvalue weighted by Gasteiger charge is -2.35. The maximum atomic E-state index is 13.2. The highest BCUT2D eigenvalue weighted by molar-refractivity contribution is 5.96. The van der Waals surface area contributed by atoms with E-state index >= 15 is 0 Å². The van der Waals surface area contributed by atoms with Crippen LogP contribution in [0.5, 0.6) is 0 Å². The van der Waals surface area contributed by atoms with Crippen molar-refractivity contribution in [2.45, 2.75) is 57.4 Å². The summed E-state index contributed by atoms with van der Waals surface area (Å²) < 4.78 is 6.63. The molecule has 0 aromatic carbocycles. The first-order valence-corrected chi connectivity index (χ1v) is 12.6. The van der Waals surface area contributed by atoms with Gasteiger partial charge in [-0.3, -0.25) is 14.0 Å². The molecule has 1 aliphatic heterocycles. The van der Waals surface area contributed by atoms with Gasteiger partial charge in [-0.15, -0.1) is 0 Å². The Labute approximate surface area is 198 Å². The smallest absolute Gasteiger partial charge is 0.328 e. The van der Waals surface area contributed by atoms with Crippen LogP contribution in [-0.2, 0) is 14.3 Å². The molecule has 7 rings (SSSR count). The SMILES string of the molecule is COC(=O)C1CCCN1C(=O)c1cn2c(NC(=O)CC34CC5CC5C5(CC5C3)C4)cccc2n1. The second-order valence-corrected chi connectivity index (χ2v) is 11.5. The highest BCUT2D eigenvalue weighted by Crippen LogP contribution is 2.84. The second-order valence-electron chi connectivity index (χ2n) is 11.5. The lowest BCUT2D eigenvalue weighted by Crippen LogP contribution is -2.41. The van der Waals surface area contributed by atoms with E-state index in [1.165, 1.54) is 39.2 Å². The van der Waals surface area contributed by atoms with Crippen LogP contribution in [0.2, 0.25) is 0 Å². The monoisotopic (exact) mass is 462 g/mol. The largest absolute Gasteiger partial charge is 0.467 e. The molecule has 8 heteroatoms. The number of amides is 2. The molecule has 4 saturated carbocycles. The number of imidazole rings is 1. The highest BCUT2D eigenvalue weighted by Gasteiger charge is 2.76. The first-order valence-electron chi connectivity index (χ1n) is 12.6. The van der Waals surface area contributed by atoms with Crippen molar-refractivity contribution < 1.29 is 19.1 Å². The number of hydrogen-bond donors (Lipinski definition) is 1. The summed E-state index contributed by atoms with van der Waals surface area (Å²) in [6, 6.07) is 4.93. The van der Waals surface area contributed by atoms with Crippen molar-refractivity contribution >= 4 is 29.2 Å². The van der Waals surface area contributed by atoms with Gasteiger partial charge >= 0.3 is 5.97 Å². The number of fused-ring (bicyclic) bond motifs is 3. The number of likely N-dealkylation sites (tertiary alicyclic amines) is 1. The third kappa shape index (κ3) is 2.89. The van der Waals surface area contributed by atoms with Crippen LogP contribution < -0.4 is 5.32 Å². The van der Waals surface area contributed by atoms with E-state index < -0.39 is 12.0 Å². The zero-order chi connectivity index (χ0) is 23.2. The van der Waals surface area contributed by atoms with Crippen LogP contribution in [0.3, 0.4) is 0 Å². The number of esters is 1. The number of nitrogens with one attached hydrogen (secondary N) is 1. The van der Waals surface area contributed by atoms with E-state index in [-0.39, 0.29) is 22.9 Å². The first-order chi connectivity index (χ1) is 16.4. The summed E-state index contributed by atoms with van der Waals surface area (Å²) in [5.74, 6) is 2.67. The molecule has 6 unspecified atom stereocenters. The summed E-state index contributed by atoms with van der Waals surface area (Å²) in [7, 11) is 1.34. The fourth-order valence-electron chi connectivity index (χ4n) is 8.15. The average Bonchev–Trinajstić information content (AvgIpc) is 3.51. The lowest BCUT2D eigenvalue weighted by molar-refractivity contribution is -0.145. The van der Waals surface area contributed by atoms with Crippen molar-refractivity contribution in [2.75, 3.05) is 19.0 Å². The summed E-state index contributed by atoms with van der Waals surface area (Å²) in [4.78, 5) is 44.4. The van der Waals surface area contributed by atoms with Crippen LogP contribution in [0.1, 0.15) is 61.9 Å². The van der Waals surface area contributed by atoms with Gasteiger partial charge in [-0.25, -0.2) is 9.78 Å². The van der Waals surface area contributed by atoms with Crippen LogP contribution in [0.25, 0.3) is 5.65 Å². The number of anilines is 1. The standard InChI is InChI=1S/C26H30N4O4/c1-34-24(33)19-4-3-7-29(19)23(32)18-13-30-20(27-18)5-2-6-21(30)28-22(31)12-25-9-15-8-17(15)26(14-25)11-16(26)10-25/h2,5-6,13,15-17,19H,3-4,7-12,14H2,1H3,(H,28,31). The molecule has 2 aromatic rings. The van der Waals surface area contributed by atoms with Crippen LogP contribution in [0.4, 0.5) is 5.82 Å². The Morgan fingerprint density at radius 3 is 2.97 bits per heavy atom. The summed E-state index contributed by atoms with van der Waals surface area (Å²) in [6.45, 7) is 0.502. The van der Waals surface area contributed by atoms with Gasteiger partial charge in [-0.05, 0) is 85.7 Å². The van der Waals surface area contributed by atoms with Crippen molar-refractivity contribution in [2.24, 2.45) is 28.6 Å². The van der Waals surface area contributed by atoms with Crippen LogP contribution >= 0.6 is 0 Å². The zero-order valence-corrected chi connectivity index (χ0v) is 19.5. The van der Waals surface area contributed by atoms with E-state index in [1.807, 2.05) is 18.2 Å². The molecule has 1 spiro atoms. The minimum atomic E-state index is -0.566. The fraction of sp³-hybridized carbons (Fsp3) is 0.615. The topological polar surface area (TPSA) is 93.0 Å². The molecule has 1 saturated heterocycles. The van der Waals surface area contributed by atoms with Gasteiger partial charge < -0.3 is 15.0 Å². The molecule has 34 heavy (non-hydrogen) atoms. The summed E-state index contributed by atoms with van der Waals surface area (Å²) in [5, 5.41) is 3.11. The number of nitrogens with zero attached hydrogens (tertiary/aromatic N) is 3. The molecule has 2 amide bonds. The third-order valence-corrected chi connectivity index (χ3v) is 9.52. The maximum Gasteiger partial charge on any atom is 0.328 e. The molecule has 8 nitrogen and oxygen atoms in total. The van der Waals surface area contributed by atoms with Crippen LogP contribution in [-0.4, -0.2) is 51.8 Å². The lowest BCUT2D eigenvalue weighted by atomic mass is 9.69. The van der Waals surface area contributed by atoms with E-state index in [9.17, 15) is 14.4 Å². The maximum absolute atomic E-state index is 13.2. The van der Waals surface area contributed by atoms with Crippen molar-refractivity contribution in [3.8, 4) is 0 Å². The van der Waals surface area contributed by atoms with E-state index in [2.05, 4.69) is 10.3 Å². The van der Waals surface area contributed by atoms with Crippen molar-refractivity contribution in [3.05, 3.63) is 30.1 Å². The first kappa shape index (κ1) is 20.5. The van der Waals surface area contributed by atoms with E-state index in [0.717, 1.165) is 24.2 Å². The Bertz CT molecular complexity index is 1230. The van der Waals surface area contributed by atoms with Crippen LogP contribution in [0.15, 0.2) is 24.4 Å². The number of ether oxygens (including phenoxy) is 1. The zero-order valence-electron chi connectivity index (χ0n) is 19.5. The minimum Gasteiger partial charge on any atom is -0.467 e. The molecule has 4 aliphatic carbocycles. The van der Waals surface area contributed by atoms with Crippen molar-refractivity contribution in [1.82, 2.24) is 14.3 Å². The molecule has 3 heterocycles. The van der Waals surface area contributed by atoms with Gasteiger partial charge in [0, 0.05) is 19.2 Å². The number of carbonyl (C=O) groups is 3. The summed E-state index contributed by atoms with van der Waals surface area (Å²) >= 11 is 0. The predicted molar refractivity (Wildman–Crippen MR) is 123 cm³/mol. The Balaban J connectivity index is 1.10.